The third-order valence-electron chi connectivity index (χ3n) is 5.09. The molecule has 2 aliphatic rings. The van der Waals surface area contributed by atoms with Crippen LogP contribution in [0, 0.1) is 0 Å². The van der Waals surface area contributed by atoms with Crippen molar-refractivity contribution in [3.05, 3.63) is 35.4 Å². The lowest BCUT2D eigenvalue weighted by Crippen LogP contribution is -2.63. The van der Waals surface area contributed by atoms with Gasteiger partial charge in [0.05, 0.1) is 12.7 Å². The van der Waals surface area contributed by atoms with Crippen LogP contribution in [0.15, 0.2) is 24.3 Å². The van der Waals surface area contributed by atoms with Crippen molar-refractivity contribution in [1.82, 2.24) is 4.90 Å². The summed E-state index contributed by atoms with van der Waals surface area (Å²) in [6.45, 7) is 7.00. The van der Waals surface area contributed by atoms with E-state index in [0.717, 1.165) is 39.0 Å². The first-order chi connectivity index (χ1) is 9.68. The first kappa shape index (κ1) is 14.1. The van der Waals surface area contributed by atoms with Crippen molar-refractivity contribution in [3.63, 3.8) is 0 Å². The molecule has 110 valence electrons. The van der Waals surface area contributed by atoms with Crippen molar-refractivity contribution in [3.8, 4) is 0 Å². The van der Waals surface area contributed by atoms with E-state index in [1.807, 2.05) is 0 Å². The fourth-order valence-corrected chi connectivity index (χ4v) is 3.90. The molecule has 0 bridgehead atoms. The van der Waals surface area contributed by atoms with Crippen molar-refractivity contribution in [1.29, 1.82) is 0 Å². The van der Waals surface area contributed by atoms with Crippen LogP contribution >= 0.6 is 0 Å². The maximum absolute atomic E-state index is 6.26. The Hall–Kier alpha value is -0.900. The summed E-state index contributed by atoms with van der Waals surface area (Å²) in [5.41, 5.74) is 9.32. The molecule has 1 heterocycles. The molecule has 1 fully saturated rings. The van der Waals surface area contributed by atoms with E-state index in [-0.39, 0.29) is 5.54 Å². The second-order valence-corrected chi connectivity index (χ2v) is 6.41. The molecule has 1 aromatic rings. The van der Waals surface area contributed by atoms with Gasteiger partial charge >= 0.3 is 0 Å². The fraction of sp³-hybridized carbons (Fsp3) is 0.647. The van der Waals surface area contributed by atoms with Crippen LogP contribution in [0.1, 0.15) is 31.4 Å². The highest BCUT2D eigenvalue weighted by atomic mass is 16.5. The van der Waals surface area contributed by atoms with Gasteiger partial charge in [0.2, 0.25) is 0 Å². The molecule has 0 amide bonds. The number of ether oxygens (including phenoxy) is 1. The van der Waals surface area contributed by atoms with Gasteiger partial charge in [0.1, 0.15) is 0 Å². The molecule has 0 aromatic heterocycles. The van der Waals surface area contributed by atoms with Gasteiger partial charge in [-0.2, -0.15) is 0 Å². The van der Waals surface area contributed by atoms with Gasteiger partial charge in [0.25, 0.3) is 0 Å². The third kappa shape index (κ3) is 2.28. The minimum absolute atomic E-state index is 0.0996. The molecule has 3 heteroatoms. The Morgan fingerprint density at radius 3 is 2.50 bits per heavy atom. The van der Waals surface area contributed by atoms with E-state index in [4.69, 9.17) is 10.5 Å². The van der Waals surface area contributed by atoms with Crippen LogP contribution in [0.3, 0.4) is 0 Å². The zero-order valence-electron chi connectivity index (χ0n) is 12.6. The number of nitrogens with two attached hydrogens (primary N) is 1. The minimum atomic E-state index is 0.0996. The fourth-order valence-electron chi connectivity index (χ4n) is 3.90. The van der Waals surface area contributed by atoms with Gasteiger partial charge in [-0.25, -0.2) is 0 Å². The molecule has 2 N–H and O–H groups in total. The molecular weight excluding hydrogens is 248 g/mol. The molecule has 1 aliphatic carbocycles. The smallest absolute Gasteiger partial charge is 0.0675 e. The maximum atomic E-state index is 6.26. The molecule has 1 saturated heterocycles. The van der Waals surface area contributed by atoms with Gasteiger partial charge in [-0.1, -0.05) is 31.2 Å². The highest BCUT2D eigenvalue weighted by Crippen LogP contribution is 2.37. The molecule has 2 atom stereocenters. The van der Waals surface area contributed by atoms with Crippen LogP contribution in [0.5, 0.6) is 0 Å². The number of morpholine rings is 1. The Morgan fingerprint density at radius 1 is 1.30 bits per heavy atom. The molecule has 1 aromatic carbocycles. The number of rotatable bonds is 3. The summed E-state index contributed by atoms with van der Waals surface area (Å²) in [5.74, 6) is 0. The van der Waals surface area contributed by atoms with Gasteiger partial charge in [-0.3, -0.25) is 4.90 Å². The molecular formula is C17H26N2O. The Morgan fingerprint density at radius 2 is 1.95 bits per heavy atom. The van der Waals surface area contributed by atoms with E-state index in [1.54, 1.807) is 0 Å². The van der Waals surface area contributed by atoms with Crippen LogP contribution in [0.2, 0.25) is 0 Å². The quantitative estimate of drug-likeness (QED) is 0.916. The second kappa shape index (κ2) is 5.47. The highest BCUT2D eigenvalue weighted by molar-refractivity contribution is 5.37. The summed E-state index contributed by atoms with van der Waals surface area (Å²) in [4.78, 5) is 2.65. The predicted octanol–water partition coefficient (Wildman–Crippen LogP) is 1.98. The summed E-state index contributed by atoms with van der Waals surface area (Å²) < 4.78 is 5.86. The second-order valence-electron chi connectivity index (χ2n) is 6.41. The zero-order chi connectivity index (χ0) is 14.2. The molecule has 3 rings (SSSR count). The number of nitrogens with zero attached hydrogens (tertiary/aromatic N) is 1. The molecule has 0 spiro atoms. The Balaban J connectivity index is 1.90. The van der Waals surface area contributed by atoms with Gasteiger partial charge in [0, 0.05) is 24.7 Å². The van der Waals surface area contributed by atoms with Crippen molar-refractivity contribution in [2.24, 2.45) is 5.73 Å². The van der Waals surface area contributed by atoms with Crippen molar-refractivity contribution < 1.29 is 4.74 Å². The van der Waals surface area contributed by atoms with E-state index in [9.17, 15) is 0 Å². The van der Waals surface area contributed by atoms with Crippen LogP contribution in [-0.4, -0.2) is 42.3 Å². The van der Waals surface area contributed by atoms with Crippen molar-refractivity contribution in [2.45, 2.75) is 50.8 Å². The Bertz CT molecular complexity index is 449. The van der Waals surface area contributed by atoms with Gasteiger partial charge in [-0.15, -0.1) is 0 Å². The normalized spacial score (nSPS) is 29.4. The molecule has 1 aliphatic heterocycles. The van der Waals surface area contributed by atoms with E-state index in [1.165, 1.54) is 11.1 Å². The molecule has 0 saturated carbocycles. The van der Waals surface area contributed by atoms with E-state index in [0.29, 0.717) is 12.1 Å². The average molecular weight is 274 g/mol. The van der Waals surface area contributed by atoms with Crippen LogP contribution in [-0.2, 0) is 17.6 Å². The monoisotopic (exact) mass is 274 g/mol. The lowest BCUT2D eigenvalue weighted by Gasteiger charge is -2.49. The third-order valence-corrected chi connectivity index (χ3v) is 5.09. The zero-order valence-corrected chi connectivity index (χ0v) is 12.6. The largest absolute Gasteiger partial charge is 0.376 e. The Labute approximate surface area is 122 Å². The molecule has 2 unspecified atom stereocenters. The van der Waals surface area contributed by atoms with E-state index < -0.39 is 0 Å². The number of benzene rings is 1. The molecule has 20 heavy (non-hydrogen) atoms. The lowest BCUT2D eigenvalue weighted by atomic mass is 9.89. The van der Waals surface area contributed by atoms with Gasteiger partial charge < -0.3 is 10.5 Å². The molecule has 3 nitrogen and oxygen atoms in total. The molecule has 0 radical (unpaired) electrons. The van der Waals surface area contributed by atoms with E-state index >= 15 is 0 Å². The van der Waals surface area contributed by atoms with Crippen LogP contribution in [0.25, 0.3) is 0 Å². The summed E-state index contributed by atoms with van der Waals surface area (Å²) in [7, 11) is 0. The SMILES string of the molecule is CCC1COC(C)CN1C1(CN)Cc2ccccc2C1. The summed E-state index contributed by atoms with van der Waals surface area (Å²) in [6, 6.07) is 9.31. The van der Waals surface area contributed by atoms with Gasteiger partial charge in [-0.05, 0) is 37.3 Å². The van der Waals surface area contributed by atoms with E-state index in [2.05, 4.69) is 43.0 Å². The summed E-state index contributed by atoms with van der Waals surface area (Å²) in [5, 5.41) is 0. The van der Waals surface area contributed by atoms with Crippen molar-refractivity contribution >= 4 is 0 Å². The average Bonchev–Trinajstić information content (AvgIpc) is 2.87. The predicted molar refractivity (Wildman–Crippen MR) is 81.8 cm³/mol. The standard InChI is InChI=1S/C17H26N2O/c1-3-16-11-20-13(2)10-19(16)17(12-18)8-14-6-4-5-7-15(14)9-17/h4-7,13,16H,3,8-12,18H2,1-2H3. The van der Waals surface area contributed by atoms with Crippen LogP contribution in [0.4, 0.5) is 0 Å². The number of fused-ring (bicyclic) bond motifs is 1. The highest BCUT2D eigenvalue weighted by Gasteiger charge is 2.45. The maximum Gasteiger partial charge on any atom is 0.0675 e. The summed E-state index contributed by atoms with van der Waals surface area (Å²) >= 11 is 0. The first-order valence-corrected chi connectivity index (χ1v) is 7.83. The first-order valence-electron chi connectivity index (χ1n) is 7.83. The van der Waals surface area contributed by atoms with Crippen molar-refractivity contribution in [2.75, 3.05) is 19.7 Å². The summed E-state index contributed by atoms with van der Waals surface area (Å²) in [6.07, 6.45) is 3.61. The Kier molecular flexibility index (Phi) is 3.85. The van der Waals surface area contributed by atoms with Gasteiger partial charge in [0.15, 0.2) is 0 Å². The number of hydrogen-bond donors (Lipinski definition) is 1. The van der Waals surface area contributed by atoms with Crippen LogP contribution < -0.4 is 5.73 Å². The minimum Gasteiger partial charge on any atom is -0.376 e. The lowest BCUT2D eigenvalue weighted by molar-refractivity contribution is -0.0966. The topological polar surface area (TPSA) is 38.5 Å². The number of hydrogen-bond acceptors (Lipinski definition) is 3.